The van der Waals surface area contributed by atoms with Crippen LogP contribution in [0.25, 0.3) is 0 Å². The van der Waals surface area contributed by atoms with E-state index in [1.165, 1.54) is 27.6 Å². The lowest BCUT2D eigenvalue weighted by Gasteiger charge is -2.54. The third-order valence-corrected chi connectivity index (χ3v) is 5.42. The Morgan fingerprint density at radius 1 is 1.47 bits per heavy atom. The van der Waals surface area contributed by atoms with Gasteiger partial charge in [-0.15, -0.1) is 6.58 Å². The molecule has 0 amide bonds. The summed E-state index contributed by atoms with van der Waals surface area (Å²) in [4.78, 5) is 0. The molecule has 1 aliphatic carbocycles. The number of rotatable bonds is 2. The van der Waals surface area contributed by atoms with Crippen LogP contribution in [0.1, 0.15) is 56.7 Å². The second kappa shape index (κ2) is 4.46. The fourth-order valence-electron chi connectivity index (χ4n) is 4.14. The van der Waals surface area contributed by atoms with E-state index in [4.69, 9.17) is 0 Å². The molecular formula is C17H22BrN. The lowest BCUT2D eigenvalue weighted by molar-refractivity contribution is 0.103. The van der Waals surface area contributed by atoms with Crippen LogP contribution in [0.3, 0.4) is 0 Å². The highest BCUT2D eigenvalue weighted by Gasteiger charge is 2.49. The van der Waals surface area contributed by atoms with Gasteiger partial charge >= 0.3 is 0 Å². The minimum Gasteiger partial charge on any atom is -0.306 e. The zero-order chi connectivity index (χ0) is 13.8. The monoisotopic (exact) mass is 319 g/mol. The Hall–Kier alpha value is -0.600. The molecule has 1 N–H and O–H groups in total. The van der Waals surface area contributed by atoms with Crippen LogP contribution in [0, 0.1) is 5.41 Å². The maximum atomic E-state index is 4.11. The Morgan fingerprint density at radius 2 is 2.21 bits per heavy atom. The molecule has 4 rings (SSSR count). The molecule has 3 aliphatic rings. The SMILES string of the molecule is C=C(C)C[C@@H]1N[C@@H]2CC(C)(C)[C@@H]1c1c(Br)cccc12. The van der Waals surface area contributed by atoms with Crippen LogP contribution >= 0.6 is 15.9 Å². The van der Waals surface area contributed by atoms with Crippen LogP contribution in [0.5, 0.6) is 0 Å². The average molecular weight is 320 g/mol. The summed E-state index contributed by atoms with van der Waals surface area (Å²) < 4.78 is 1.28. The molecule has 1 aromatic rings. The van der Waals surface area contributed by atoms with Gasteiger partial charge in [0.15, 0.2) is 0 Å². The molecule has 2 heteroatoms. The molecule has 1 fully saturated rings. The van der Waals surface area contributed by atoms with Gasteiger partial charge in [0.25, 0.3) is 0 Å². The van der Waals surface area contributed by atoms with E-state index in [2.05, 4.69) is 66.8 Å². The van der Waals surface area contributed by atoms with Crippen LogP contribution in [0.2, 0.25) is 0 Å². The smallest absolute Gasteiger partial charge is 0.0331 e. The van der Waals surface area contributed by atoms with Crippen molar-refractivity contribution in [2.45, 2.75) is 51.6 Å². The van der Waals surface area contributed by atoms with Crippen LogP contribution in [-0.4, -0.2) is 6.04 Å². The third-order valence-electron chi connectivity index (χ3n) is 4.73. The van der Waals surface area contributed by atoms with Gasteiger partial charge < -0.3 is 5.32 Å². The molecule has 2 bridgehead atoms. The normalized spacial score (nSPS) is 31.1. The van der Waals surface area contributed by atoms with E-state index in [9.17, 15) is 0 Å². The number of hydrogen-bond donors (Lipinski definition) is 1. The van der Waals surface area contributed by atoms with E-state index >= 15 is 0 Å². The van der Waals surface area contributed by atoms with Gasteiger partial charge in [-0.3, -0.25) is 0 Å². The fourth-order valence-corrected chi connectivity index (χ4v) is 4.77. The molecule has 0 radical (unpaired) electrons. The highest BCUT2D eigenvalue weighted by atomic mass is 79.9. The largest absolute Gasteiger partial charge is 0.306 e. The molecule has 2 aliphatic heterocycles. The summed E-state index contributed by atoms with van der Waals surface area (Å²) in [6.07, 6.45) is 2.30. The molecular weight excluding hydrogens is 298 g/mol. The van der Waals surface area contributed by atoms with Crippen molar-refractivity contribution in [2.24, 2.45) is 5.41 Å². The van der Waals surface area contributed by atoms with Gasteiger partial charge in [-0.1, -0.05) is 47.5 Å². The lowest BCUT2D eigenvalue weighted by Crippen LogP contribution is -2.54. The fraction of sp³-hybridized carbons (Fsp3) is 0.529. The maximum Gasteiger partial charge on any atom is 0.0331 e. The molecule has 0 unspecified atom stereocenters. The first-order valence-corrected chi connectivity index (χ1v) is 7.88. The van der Waals surface area contributed by atoms with Gasteiger partial charge in [-0.05, 0) is 42.4 Å². The highest BCUT2D eigenvalue weighted by Crippen LogP contribution is 2.57. The van der Waals surface area contributed by atoms with Crippen LogP contribution < -0.4 is 5.32 Å². The summed E-state index contributed by atoms with van der Waals surface area (Å²) in [5.41, 5.74) is 4.66. The Balaban J connectivity index is 2.11. The van der Waals surface area contributed by atoms with Crippen molar-refractivity contribution in [2.75, 3.05) is 0 Å². The van der Waals surface area contributed by atoms with Gasteiger partial charge in [0.05, 0.1) is 0 Å². The summed E-state index contributed by atoms with van der Waals surface area (Å²) in [7, 11) is 0. The minimum absolute atomic E-state index is 0.354. The van der Waals surface area contributed by atoms with Crippen molar-refractivity contribution in [3.8, 4) is 0 Å². The van der Waals surface area contributed by atoms with Gasteiger partial charge in [0, 0.05) is 22.5 Å². The Kier molecular flexibility index (Phi) is 3.14. The Labute approximate surface area is 124 Å². The standard InChI is InChI=1S/C17H22BrN/c1-10(2)8-13-16-15-11(6-5-7-12(15)18)14(19-13)9-17(16,3)4/h5-7,13-14,16,19H,1,8-9H2,2-4H3/t13-,14+,16-/m0/s1. The first kappa shape index (κ1) is 13.4. The molecule has 0 spiro atoms. The Morgan fingerprint density at radius 3 is 2.89 bits per heavy atom. The zero-order valence-electron chi connectivity index (χ0n) is 12.0. The van der Waals surface area contributed by atoms with Gasteiger partial charge in [-0.2, -0.15) is 0 Å². The average Bonchev–Trinajstić information content (AvgIpc) is 2.27. The number of piperidine rings is 1. The predicted molar refractivity (Wildman–Crippen MR) is 84.4 cm³/mol. The lowest BCUT2D eigenvalue weighted by atomic mass is 9.58. The number of hydrogen-bond acceptors (Lipinski definition) is 1. The molecule has 3 atom stereocenters. The van der Waals surface area contributed by atoms with Gasteiger partial charge in [0.2, 0.25) is 0 Å². The molecule has 1 aromatic carbocycles. The number of halogens is 1. The summed E-state index contributed by atoms with van der Waals surface area (Å²) in [6.45, 7) is 11.1. The maximum absolute atomic E-state index is 4.11. The molecule has 102 valence electrons. The predicted octanol–water partition coefficient (Wildman–Crippen LogP) is 4.94. The van der Waals surface area contributed by atoms with E-state index in [0.717, 1.165) is 6.42 Å². The molecule has 19 heavy (non-hydrogen) atoms. The summed E-state index contributed by atoms with van der Waals surface area (Å²) in [6, 6.07) is 7.66. The first-order chi connectivity index (χ1) is 8.90. The van der Waals surface area contributed by atoms with Crippen molar-refractivity contribution >= 4 is 15.9 Å². The van der Waals surface area contributed by atoms with E-state index in [1.807, 2.05) is 0 Å². The van der Waals surface area contributed by atoms with Crippen molar-refractivity contribution in [3.05, 3.63) is 46.0 Å². The van der Waals surface area contributed by atoms with Crippen molar-refractivity contribution < 1.29 is 0 Å². The topological polar surface area (TPSA) is 12.0 Å². The first-order valence-electron chi connectivity index (χ1n) is 7.09. The Bertz CT molecular complexity index is 532. The molecule has 0 aromatic heterocycles. The van der Waals surface area contributed by atoms with E-state index < -0.39 is 0 Å². The van der Waals surface area contributed by atoms with Crippen molar-refractivity contribution in [3.63, 3.8) is 0 Å². The van der Waals surface area contributed by atoms with Crippen LogP contribution in [0.15, 0.2) is 34.8 Å². The second-order valence-corrected chi connectivity index (χ2v) is 7.75. The van der Waals surface area contributed by atoms with Crippen molar-refractivity contribution in [1.29, 1.82) is 0 Å². The number of benzene rings is 1. The van der Waals surface area contributed by atoms with Gasteiger partial charge in [-0.25, -0.2) is 0 Å². The number of nitrogens with one attached hydrogen (secondary N) is 1. The highest BCUT2D eigenvalue weighted by molar-refractivity contribution is 9.10. The third kappa shape index (κ3) is 2.09. The number of fused-ring (bicyclic) bond motifs is 2. The summed E-state index contributed by atoms with van der Waals surface area (Å²) in [5, 5.41) is 3.84. The molecule has 1 saturated heterocycles. The second-order valence-electron chi connectivity index (χ2n) is 6.90. The summed E-state index contributed by atoms with van der Waals surface area (Å²) in [5.74, 6) is 0.569. The van der Waals surface area contributed by atoms with Crippen LogP contribution in [-0.2, 0) is 0 Å². The quantitative estimate of drug-likeness (QED) is 0.761. The zero-order valence-corrected chi connectivity index (χ0v) is 13.5. The van der Waals surface area contributed by atoms with Crippen LogP contribution in [0.4, 0.5) is 0 Å². The van der Waals surface area contributed by atoms with E-state index in [0.29, 0.717) is 23.4 Å². The van der Waals surface area contributed by atoms with Crippen molar-refractivity contribution in [1.82, 2.24) is 5.32 Å². The van der Waals surface area contributed by atoms with Gasteiger partial charge in [0.1, 0.15) is 0 Å². The minimum atomic E-state index is 0.354. The molecule has 2 heterocycles. The molecule has 1 nitrogen and oxygen atoms in total. The van der Waals surface area contributed by atoms with E-state index in [-0.39, 0.29) is 0 Å². The summed E-state index contributed by atoms with van der Waals surface area (Å²) >= 11 is 3.78. The van der Waals surface area contributed by atoms with E-state index in [1.54, 1.807) is 0 Å². The molecule has 0 saturated carbocycles.